The molecule has 0 spiro atoms. The molecule has 15 heavy (non-hydrogen) atoms. The normalized spacial score (nSPS) is 21.0. The summed E-state index contributed by atoms with van der Waals surface area (Å²) >= 11 is 0. The summed E-state index contributed by atoms with van der Waals surface area (Å²) in [4.78, 5) is 4.32. The second-order valence-corrected chi connectivity index (χ2v) is 3.93. The maximum absolute atomic E-state index is 5.41. The van der Waals surface area contributed by atoms with Crippen LogP contribution in [0.4, 0.5) is 0 Å². The number of nitrogens with zero attached hydrogens (tertiary/aromatic N) is 2. The molecule has 5 nitrogen and oxygen atoms in total. The van der Waals surface area contributed by atoms with E-state index in [1.54, 1.807) is 0 Å². The van der Waals surface area contributed by atoms with Crippen molar-refractivity contribution >= 4 is 0 Å². The van der Waals surface area contributed by atoms with Crippen LogP contribution in [0.2, 0.25) is 0 Å². The van der Waals surface area contributed by atoms with E-state index in [1.807, 2.05) is 0 Å². The minimum Gasteiger partial charge on any atom is -0.381 e. The molecular weight excluding hydrogens is 194 g/mol. The van der Waals surface area contributed by atoms with Gasteiger partial charge in [-0.05, 0) is 25.3 Å². The SMILES string of the molecule is NCCCc1nc(CC2CCOC2)no1. The lowest BCUT2D eigenvalue weighted by atomic mass is 10.1. The van der Waals surface area contributed by atoms with Crippen molar-refractivity contribution in [1.82, 2.24) is 10.1 Å². The molecule has 1 saturated heterocycles. The fraction of sp³-hybridized carbons (Fsp3) is 0.800. The van der Waals surface area contributed by atoms with Crippen LogP contribution in [0.3, 0.4) is 0 Å². The predicted molar refractivity (Wildman–Crippen MR) is 54.3 cm³/mol. The molecule has 0 aromatic carbocycles. The summed E-state index contributed by atoms with van der Waals surface area (Å²) < 4.78 is 10.4. The molecule has 0 bridgehead atoms. The fourth-order valence-electron chi connectivity index (χ4n) is 1.73. The van der Waals surface area contributed by atoms with E-state index >= 15 is 0 Å². The second kappa shape index (κ2) is 5.23. The van der Waals surface area contributed by atoms with Crippen molar-refractivity contribution in [3.8, 4) is 0 Å². The second-order valence-electron chi connectivity index (χ2n) is 3.93. The molecular formula is C10H17N3O2. The van der Waals surface area contributed by atoms with Crippen molar-refractivity contribution in [1.29, 1.82) is 0 Å². The van der Waals surface area contributed by atoms with E-state index in [1.165, 1.54) is 0 Å². The number of ether oxygens (including phenoxy) is 1. The molecule has 1 aliphatic heterocycles. The summed E-state index contributed by atoms with van der Waals surface area (Å²) in [5.41, 5.74) is 5.41. The van der Waals surface area contributed by atoms with Gasteiger partial charge in [0.25, 0.3) is 0 Å². The monoisotopic (exact) mass is 211 g/mol. The third-order valence-corrected chi connectivity index (χ3v) is 2.60. The van der Waals surface area contributed by atoms with E-state index in [2.05, 4.69) is 10.1 Å². The Morgan fingerprint density at radius 1 is 1.47 bits per heavy atom. The van der Waals surface area contributed by atoms with Crippen LogP contribution in [0.15, 0.2) is 4.52 Å². The zero-order valence-electron chi connectivity index (χ0n) is 8.82. The van der Waals surface area contributed by atoms with Gasteiger partial charge in [-0.2, -0.15) is 4.98 Å². The van der Waals surface area contributed by atoms with E-state index in [-0.39, 0.29) is 0 Å². The van der Waals surface area contributed by atoms with Crippen LogP contribution in [0.5, 0.6) is 0 Å². The highest BCUT2D eigenvalue weighted by Crippen LogP contribution is 2.16. The van der Waals surface area contributed by atoms with Crippen LogP contribution >= 0.6 is 0 Å². The first-order valence-corrected chi connectivity index (χ1v) is 5.47. The number of aryl methyl sites for hydroxylation is 1. The Hall–Kier alpha value is -0.940. The van der Waals surface area contributed by atoms with E-state index in [9.17, 15) is 0 Å². The van der Waals surface area contributed by atoms with Crippen LogP contribution in [-0.2, 0) is 17.6 Å². The molecule has 2 N–H and O–H groups in total. The molecule has 1 unspecified atom stereocenters. The van der Waals surface area contributed by atoms with E-state index in [0.29, 0.717) is 18.4 Å². The van der Waals surface area contributed by atoms with Crippen molar-refractivity contribution in [3.63, 3.8) is 0 Å². The van der Waals surface area contributed by atoms with Crippen molar-refractivity contribution in [3.05, 3.63) is 11.7 Å². The largest absolute Gasteiger partial charge is 0.381 e. The first-order chi connectivity index (χ1) is 7.38. The standard InChI is InChI=1S/C10H17N3O2/c11-4-1-2-10-12-9(13-15-10)6-8-3-5-14-7-8/h8H,1-7,11H2. The van der Waals surface area contributed by atoms with Crippen LogP contribution in [-0.4, -0.2) is 29.9 Å². The third-order valence-electron chi connectivity index (χ3n) is 2.60. The minimum absolute atomic E-state index is 0.560. The Kier molecular flexibility index (Phi) is 3.69. The van der Waals surface area contributed by atoms with Crippen molar-refractivity contribution < 1.29 is 9.26 Å². The van der Waals surface area contributed by atoms with E-state index in [4.69, 9.17) is 15.0 Å². The summed E-state index contributed by atoms with van der Waals surface area (Å²) in [6, 6.07) is 0. The van der Waals surface area contributed by atoms with Gasteiger partial charge in [0.1, 0.15) is 0 Å². The molecule has 2 heterocycles. The molecule has 5 heteroatoms. The highest BCUT2D eigenvalue weighted by molar-refractivity contribution is 4.89. The number of nitrogens with two attached hydrogens (primary N) is 1. The minimum atomic E-state index is 0.560. The quantitative estimate of drug-likeness (QED) is 0.769. The van der Waals surface area contributed by atoms with Gasteiger partial charge in [-0.25, -0.2) is 0 Å². The molecule has 0 radical (unpaired) electrons. The first kappa shape index (κ1) is 10.6. The van der Waals surface area contributed by atoms with Crippen molar-refractivity contribution in [2.45, 2.75) is 25.7 Å². The Morgan fingerprint density at radius 3 is 3.13 bits per heavy atom. The summed E-state index contributed by atoms with van der Waals surface area (Å²) in [7, 11) is 0. The number of aromatic nitrogens is 2. The molecule has 0 amide bonds. The van der Waals surface area contributed by atoms with Crippen molar-refractivity contribution in [2.24, 2.45) is 11.7 Å². The molecule has 1 fully saturated rings. The Morgan fingerprint density at radius 2 is 2.40 bits per heavy atom. The van der Waals surface area contributed by atoms with Crippen LogP contribution in [0.1, 0.15) is 24.6 Å². The van der Waals surface area contributed by atoms with Gasteiger partial charge in [-0.15, -0.1) is 0 Å². The van der Waals surface area contributed by atoms with Crippen molar-refractivity contribution in [2.75, 3.05) is 19.8 Å². The van der Waals surface area contributed by atoms with Gasteiger partial charge in [0.2, 0.25) is 5.89 Å². The summed E-state index contributed by atoms with van der Waals surface area (Å²) in [5, 5.41) is 3.95. The Bertz CT molecular complexity index is 295. The Balaban J connectivity index is 1.83. The molecule has 1 aliphatic rings. The number of rotatable bonds is 5. The van der Waals surface area contributed by atoms with Crippen LogP contribution in [0, 0.1) is 5.92 Å². The van der Waals surface area contributed by atoms with Gasteiger partial charge < -0.3 is 15.0 Å². The zero-order chi connectivity index (χ0) is 10.5. The van der Waals surface area contributed by atoms with E-state index in [0.717, 1.165) is 44.7 Å². The lowest BCUT2D eigenvalue weighted by molar-refractivity contribution is 0.185. The van der Waals surface area contributed by atoms with Gasteiger partial charge in [0.05, 0.1) is 0 Å². The number of hydrogen-bond donors (Lipinski definition) is 1. The van der Waals surface area contributed by atoms with Gasteiger partial charge in [-0.1, -0.05) is 5.16 Å². The average Bonchev–Trinajstić information content (AvgIpc) is 2.87. The fourth-order valence-corrected chi connectivity index (χ4v) is 1.73. The summed E-state index contributed by atoms with van der Waals surface area (Å²) in [6.45, 7) is 2.35. The van der Waals surface area contributed by atoms with E-state index < -0.39 is 0 Å². The van der Waals surface area contributed by atoms with Gasteiger partial charge >= 0.3 is 0 Å². The molecule has 1 atom stereocenters. The highest BCUT2D eigenvalue weighted by Gasteiger charge is 2.18. The smallest absolute Gasteiger partial charge is 0.226 e. The Labute approximate surface area is 89.0 Å². The molecule has 1 aromatic rings. The molecule has 0 saturated carbocycles. The highest BCUT2D eigenvalue weighted by atomic mass is 16.5. The maximum atomic E-state index is 5.41. The molecule has 2 rings (SSSR count). The topological polar surface area (TPSA) is 74.2 Å². The van der Waals surface area contributed by atoms with Crippen LogP contribution < -0.4 is 5.73 Å². The molecule has 84 valence electrons. The van der Waals surface area contributed by atoms with Gasteiger partial charge in [0.15, 0.2) is 5.82 Å². The maximum Gasteiger partial charge on any atom is 0.226 e. The zero-order valence-corrected chi connectivity index (χ0v) is 8.82. The molecule has 1 aromatic heterocycles. The lowest BCUT2D eigenvalue weighted by Gasteiger charge is -2.00. The van der Waals surface area contributed by atoms with Crippen LogP contribution in [0.25, 0.3) is 0 Å². The lowest BCUT2D eigenvalue weighted by Crippen LogP contribution is -2.05. The number of hydrogen-bond acceptors (Lipinski definition) is 5. The van der Waals surface area contributed by atoms with Gasteiger partial charge in [0, 0.05) is 26.1 Å². The third kappa shape index (κ3) is 3.00. The molecule has 0 aliphatic carbocycles. The predicted octanol–water partition coefficient (Wildman–Crippen LogP) is 0.540. The average molecular weight is 211 g/mol. The van der Waals surface area contributed by atoms with Gasteiger partial charge in [-0.3, -0.25) is 0 Å². The summed E-state index contributed by atoms with van der Waals surface area (Å²) in [6.07, 6.45) is 3.65. The first-order valence-electron chi connectivity index (χ1n) is 5.47. The summed E-state index contributed by atoms with van der Waals surface area (Å²) in [5.74, 6) is 2.07.